The van der Waals surface area contributed by atoms with E-state index in [1.54, 1.807) is 6.07 Å². The van der Waals surface area contributed by atoms with E-state index in [0.717, 1.165) is 19.5 Å². The summed E-state index contributed by atoms with van der Waals surface area (Å²) in [6, 6.07) is 5.10. The fraction of sp³-hybridized carbons (Fsp3) is 0.467. The summed E-state index contributed by atoms with van der Waals surface area (Å²) in [5, 5.41) is 4.54. The number of piperidine rings is 1. The molecule has 1 aliphatic rings. The maximum Gasteiger partial charge on any atom is 0.326 e. The van der Waals surface area contributed by atoms with Crippen LogP contribution >= 0.6 is 0 Å². The molecule has 0 saturated carbocycles. The van der Waals surface area contributed by atoms with E-state index < -0.39 is 11.8 Å². The highest BCUT2D eigenvalue weighted by Gasteiger charge is 2.19. The average Bonchev–Trinajstić information content (AvgIpc) is 2.41. The predicted molar refractivity (Wildman–Crippen MR) is 78.4 cm³/mol. The molecule has 0 bridgehead atoms. The monoisotopic (exact) mass is 293 g/mol. The maximum absolute atomic E-state index is 13.4. The molecule has 1 aromatic rings. The van der Waals surface area contributed by atoms with Crippen molar-refractivity contribution >= 4 is 17.6 Å². The van der Waals surface area contributed by atoms with E-state index in [-0.39, 0.29) is 18.1 Å². The van der Waals surface area contributed by atoms with Gasteiger partial charge in [-0.05, 0) is 37.4 Å². The number of imide groups is 1. The van der Waals surface area contributed by atoms with Crippen LogP contribution in [0.1, 0.15) is 19.8 Å². The topological polar surface area (TPSA) is 61.4 Å². The van der Waals surface area contributed by atoms with E-state index in [1.165, 1.54) is 24.6 Å². The highest BCUT2D eigenvalue weighted by Crippen LogP contribution is 2.15. The number of likely N-dealkylation sites (tertiary alicyclic amines) is 1. The molecule has 3 amide bonds. The second kappa shape index (κ2) is 7.17. The van der Waals surface area contributed by atoms with Gasteiger partial charge in [-0.25, -0.2) is 9.18 Å². The second-order valence-electron chi connectivity index (χ2n) is 5.46. The van der Waals surface area contributed by atoms with Crippen LogP contribution in [0.25, 0.3) is 0 Å². The number of nitrogens with zero attached hydrogens (tertiary/aromatic N) is 1. The molecule has 1 atom stereocenters. The van der Waals surface area contributed by atoms with Gasteiger partial charge in [0.05, 0.1) is 12.2 Å². The van der Waals surface area contributed by atoms with Gasteiger partial charge in [-0.15, -0.1) is 0 Å². The number of amides is 3. The van der Waals surface area contributed by atoms with Gasteiger partial charge < -0.3 is 5.32 Å². The van der Waals surface area contributed by atoms with Crippen molar-refractivity contribution in [1.29, 1.82) is 0 Å². The molecule has 0 unspecified atom stereocenters. The van der Waals surface area contributed by atoms with Crippen LogP contribution in [0.2, 0.25) is 0 Å². The average molecular weight is 293 g/mol. The summed E-state index contributed by atoms with van der Waals surface area (Å²) in [6.07, 6.45) is 2.24. The van der Waals surface area contributed by atoms with Crippen molar-refractivity contribution in [3.05, 3.63) is 30.1 Å². The SMILES string of the molecule is C[C@H]1CCCN(CC(=O)NC(=O)Nc2ccccc2F)C1. The first-order chi connectivity index (χ1) is 10.0. The van der Waals surface area contributed by atoms with Crippen molar-refractivity contribution in [3.63, 3.8) is 0 Å². The number of carbonyl (C=O) groups excluding carboxylic acids is 2. The van der Waals surface area contributed by atoms with Gasteiger partial charge in [0.15, 0.2) is 0 Å². The number of para-hydroxylation sites is 1. The van der Waals surface area contributed by atoms with Gasteiger partial charge >= 0.3 is 6.03 Å². The molecule has 2 N–H and O–H groups in total. The summed E-state index contributed by atoms with van der Waals surface area (Å²) < 4.78 is 13.4. The Morgan fingerprint density at radius 3 is 2.86 bits per heavy atom. The van der Waals surface area contributed by atoms with Crippen molar-refractivity contribution in [3.8, 4) is 0 Å². The van der Waals surface area contributed by atoms with Gasteiger partial charge in [0, 0.05) is 6.54 Å². The Kier molecular flexibility index (Phi) is 5.27. The third kappa shape index (κ3) is 4.82. The van der Waals surface area contributed by atoms with Gasteiger partial charge in [-0.2, -0.15) is 0 Å². The van der Waals surface area contributed by atoms with Gasteiger partial charge in [0.25, 0.3) is 0 Å². The Morgan fingerprint density at radius 2 is 2.14 bits per heavy atom. The molecule has 114 valence electrons. The van der Waals surface area contributed by atoms with Crippen molar-refractivity contribution < 1.29 is 14.0 Å². The molecule has 0 spiro atoms. The zero-order valence-corrected chi connectivity index (χ0v) is 12.1. The summed E-state index contributed by atoms with van der Waals surface area (Å²) in [5.41, 5.74) is 0.0504. The molecule has 0 aliphatic carbocycles. The van der Waals surface area contributed by atoms with Crippen molar-refractivity contribution in [1.82, 2.24) is 10.2 Å². The lowest BCUT2D eigenvalue weighted by Crippen LogP contribution is -2.44. The molecule has 6 heteroatoms. The lowest BCUT2D eigenvalue weighted by Gasteiger charge is -2.29. The third-order valence-corrected chi connectivity index (χ3v) is 3.48. The van der Waals surface area contributed by atoms with Crippen LogP contribution in [0.5, 0.6) is 0 Å². The zero-order chi connectivity index (χ0) is 15.2. The van der Waals surface area contributed by atoms with Gasteiger partial charge in [0.1, 0.15) is 5.82 Å². The highest BCUT2D eigenvalue weighted by molar-refractivity contribution is 6.01. The molecule has 21 heavy (non-hydrogen) atoms. The summed E-state index contributed by atoms with van der Waals surface area (Å²) in [6.45, 7) is 4.07. The van der Waals surface area contributed by atoms with Crippen LogP contribution < -0.4 is 10.6 Å². The molecule has 1 saturated heterocycles. The van der Waals surface area contributed by atoms with Crippen LogP contribution in [0.3, 0.4) is 0 Å². The number of hydrogen-bond acceptors (Lipinski definition) is 3. The van der Waals surface area contributed by atoms with Crippen LogP contribution in [-0.4, -0.2) is 36.5 Å². The number of halogens is 1. The molecule has 5 nitrogen and oxygen atoms in total. The van der Waals surface area contributed by atoms with E-state index in [0.29, 0.717) is 5.92 Å². The van der Waals surface area contributed by atoms with Crippen molar-refractivity contribution in [2.75, 3.05) is 25.0 Å². The summed E-state index contributed by atoms with van der Waals surface area (Å²) in [4.78, 5) is 25.5. The zero-order valence-electron chi connectivity index (χ0n) is 12.1. The van der Waals surface area contributed by atoms with Crippen molar-refractivity contribution in [2.24, 2.45) is 5.92 Å². The minimum atomic E-state index is -0.713. The Hall–Kier alpha value is -1.95. The Balaban J connectivity index is 1.79. The molecule has 1 aliphatic heterocycles. The molecule has 0 aromatic heterocycles. The van der Waals surface area contributed by atoms with E-state index in [9.17, 15) is 14.0 Å². The first kappa shape index (κ1) is 15.4. The maximum atomic E-state index is 13.4. The second-order valence-corrected chi connectivity index (χ2v) is 5.46. The number of hydrogen-bond donors (Lipinski definition) is 2. The summed E-state index contributed by atoms with van der Waals surface area (Å²) in [5.74, 6) is -0.346. The fourth-order valence-corrected chi connectivity index (χ4v) is 2.52. The Bertz CT molecular complexity index is 521. The van der Waals surface area contributed by atoms with Gasteiger partial charge in [-0.3, -0.25) is 15.0 Å². The molecule has 1 heterocycles. The van der Waals surface area contributed by atoms with Gasteiger partial charge in [0.2, 0.25) is 5.91 Å². The van der Waals surface area contributed by atoms with E-state index in [1.807, 2.05) is 4.90 Å². The first-order valence-corrected chi connectivity index (χ1v) is 7.12. The standard InChI is InChI=1S/C15H20FN3O2/c1-11-5-4-8-19(9-11)10-14(20)18-15(21)17-13-7-3-2-6-12(13)16/h2-3,6-7,11H,4-5,8-10H2,1H3,(H2,17,18,20,21)/t11-/m0/s1. The largest absolute Gasteiger partial charge is 0.326 e. The quantitative estimate of drug-likeness (QED) is 0.898. The molecular formula is C15H20FN3O2. The molecule has 1 aromatic carbocycles. The lowest BCUT2D eigenvalue weighted by molar-refractivity contribution is -0.121. The minimum Gasteiger partial charge on any atom is -0.305 e. The third-order valence-electron chi connectivity index (χ3n) is 3.48. The van der Waals surface area contributed by atoms with Crippen LogP contribution in [0.4, 0.5) is 14.9 Å². The number of anilines is 1. The highest BCUT2D eigenvalue weighted by atomic mass is 19.1. The molecule has 1 fully saturated rings. The fourth-order valence-electron chi connectivity index (χ4n) is 2.52. The smallest absolute Gasteiger partial charge is 0.305 e. The van der Waals surface area contributed by atoms with E-state index in [4.69, 9.17) is 0 Å². The van der Waals surface area contributed by atoms with Crippen LogP contribution in [0, 0.1) is 11.7 Å². The molecule has 2 rings (SSSR count). The normalized spacial score (nSPS) is 19.0. The van der Waals surface area contributed by atoms with E-state index >= 15 is 0 Å². The number of nitrogens with one attached hydrogen (secondary N) is 2. The van der Waals surface area contributed by atoms with E-state index in [2.05, 4.69) is 17.6 Å². The molecular weight excluding hydrogens is 273 g/mol. The number of benzene rings is 1. The number of rotatable bonds is 3. The number of urea groups is 1. The Morgan fingerprint density at radius 1 is 1.38 bits per heavy atom. The van der Waals surface area contributed by atoms with Crippen molar-refractivity contribution in [2.45, 2.75) is 19.8 Å². The summed E-state index contributed by atoms with van der Waals surface area (Å²) in [7, 11) is 0. The van der Waals surface area contributed by atoms with Crippen LogP contribution in [0.15, 0.2) is 24.3 Å². The van der Waals surface area contributed by atoms with Crippen LogP contribution in [-0.2, 0) is 4.79 Å². The Labute approximate surface area is 123 Å². The minimum absolute atomic E-state index is 0.0504. The first-order valence-electron chi connectivity index (χ1n) is 7.12. The lowest BCUT2D eigenvalue weighted by atomic mass is 10.0. The molecule has 0 radical (unpaired) electrons. The van der Waals surface area contributed by atoms with Gasteiger partial charge in [-0.1, -0.05) is 19.1 Å². The number of carbonyl (C=O) groups is 2. The predicted octanol–water partition coefficient (Wildman–Crippen LogP) is 2.21. The summed E-state index contributed by atoms with van der Waals surface area (Å²) >= 11 is 0.